The second-order valence-electron chi connectivity index (χ2n) is 13.2. The van der Waals surface area contributed by atoms with E-state index in [0.29, 0.717) is 5.02 Å². The normalized spacial score (nSPS) is 11.8. The lowest BCUT2D eigenvalue weighted by atomic mass is 9.86. The first kappa shape index (κ1) is 29.5. The summed E-state index contributed by atoms with van der Waals surface area (Å²) in [7, 11) is 0. The Morgan fingerprint density at radius 3 is 1.19 bits per heavy atom. The second-order valence-corrected chi connectivity index (χ2v) is 13.5. The van der Waals surface area contributed by atoms with Crippen LogP contribution in [0.5, 0.6) is 0 Å². The molecular weight excluding hydrogens is 532 g/mol. The molecule has 214 valence electrons. The van der Waals surface area contributed by atoms with Crippen LogP contribution in [0.4, 0.5) is 22.7 Å². The summed E-state index contributed by atoms with van der Waals surface area (Å²) in [5, 5.41) is 7.94. The Balaban J connectivity index is 1.46. The molecule has 0 heterocycles. The highest BCUT2D eigenvalue weighted by Gasteiger charge is 2.17. The maximum absolute atomic E-state index is 7.09. The zero-order valence-electron chi connectivity index (χ0n) is 25.8. The first-order chi connectivity index (χ1) is 19.9. The first-order valence-corrected chi connectivity index (χ1v) is 15.0. The van der Waals surface area contributed by atoms with Crippen LogP contribution in [-0.2, 0) is 10.8 Å². The molecule has 0 radical (unpaired) electrons. The van der Waals surface area contributed by atoms with E-state index in [1.807, 2.05) is 0 Å². The molecule has 0 aliphatic heterocycles. The summed E-state index contributed by atoms with van der Waals surface area (Å²) >= 11 is 7.09. The van der Waals surface area contributed by atoms with Gasteiger partial charge in [0, 0.05) is 22.5 Å². The molecule has 0 aliphatic carbocycles. The van der Waals surface area contributed by atoms with E-state index in [1.54, 1.807) is 0 Å². The van der Waals surface area contributed by atoms with E-state index in [2.05, 4.69) is 168 Å². The fraction of sp³-hybridized carbons (Fsp3) is 0.231. The highest BCUT2D eigenvalue weighted by atomic mass is 35.5. The van der Waals surface area contributed by atoms with Gasteiger partial charge in [-0.1, -0.05) is 138 Å². The monoisotopic (exact) mass is 572 g/mol. The van der Waals surface area contributed by atoms with E-state index in [9.17, 15) is 0 Å². The van der Waals surface area contributed by atoms with Crippen LogP contribution in [0, 0.1) is 6.92 Å². The minimum atomic E-state index is 0.114. The minimum absolute atomic E-state index is 0.114. The molecule has 0 bridgehead atoms. The van der Waals surface area contributed by atoms with Gasteiger partial charge in [0.1, 0.15) is 0 Å². The predicted molar refractivity (Wildman–Crippen MR) is 184 cm³/mol. The van der Waals surface area contributed by atoms with Crippen LogP contribution in [0.1, 0.15) is 58.2 Å². The Kier molecular flexibility index (Phi) is 8.21. The average Bonchev–Trinajstić information content (AvgIpc) is 2.95. The van der Waals surface area contributed by atoms with Crippen LogP contribution >= 0.6 is 11.6 Å². The highest BCUT2D eigenvalue weighted by molar-refractivity contribution is 6.36. The van der Waals surface area contributed by atoms with Crippen molar-refractivity contribution in [3.63, 3.8) is 0 Å². The van der Waals surface area contributed by atoms with Gasteiger partial charge in [-0.15, -0.1) is 0 Å². The van der Waals surface area contributed by atoms with Crippen molar-refractivity contribution < 1.29 is 0 Å². The third-order valence-corrected chi connectivity index (χ3v) is 8.14. The number of anilines is 4. The Morgan fingerprint density at radius 2 is 0.833 bits per heavy atom. The quantitative estimate of drug-likeness (QED) is 0.211. The number of rotatable bonds is 6. The molecule has 0 amide bonds. The molecule has 0 aromatic heterocycles. The molecule has 2 N–H and O–H groups in total. The van der Waals surface area contributed by atoms with Crippen molar-refractivity contribution in [2.75, 3.05) is 10.6 Å². The van der Waals surface area contributed by atoms with Gasteiger partial charge in [-0.25, -0.2) is 0 Å². The van der Waals surface area contributed by atoms with Crippen LogP contribution in [-0.4, -0.2) is 0 Å². The van der Waals surface area contributed by atoms with E-state index < -0.39 is 0 Å². The summed E-state index contributed by atoms with van der Waals surface area (Å²) in [6.45, 7) is 15.5. The zero-order valence-corrected chi connectivity index (χ0v) is 26.5. The maximum Gasteiger partial charge on any atom is 0.0875 e. The topological polar surface area (TPSA) is 24.1 Å². The summed E-state index contributed by atoms with van der Waals surface area (Å²) in [4.78, 5) is 0. The number of nitrogens with one attached hydrogen (secondary N) is 2. The summed E-state index contributed by atoms with van der Waals surface area (Å²) in [5.74, 6) is 0. The third kappa shape index (κ3) is 6.55. The summed E-state index contributed by atoms with van der Waals surface area (Å²) in [6, 6.07) is 38.7. The number of aryl methyl sites for hydroxylation is 1. The average molecular weight is 573 g/mol. The van der Waals surface area contributed by atoms with Crippen LogP contribution < -0.4 is 10.6 Å². The SMILES string of the molecule is Cc1cc(Nc2ccccc2-c2ccc(C(C)(C)C)cc2)c(Cl)c(Nc2ccccc2-c2ccc(C(C)(C)C)cc2)c1. The van der Waals surface area contributed by atoms with Crippen LogP contribution in [0.3, 0.4) is 0 Å². The number of hydrogen-bond acceptors (Lipinski definition) is 2. The lowest BCUT2D eigenvalue weighted by Gasteiger charge is -2.21. The molecule has 0 atom stereocenters. The lowest BCUT2D eigenvalue weighted by molar-refractivity contribution is 0.590. The number of para-hydroxylation sites is 2. The Bertz CT molecular complexity index is 1560. The van der Waals surface area contributed by atoms with Gasteiger partial charge in [0.25, 0.3) is 0 Å². The third-order valence-electron chi connectivity index (χ3n) is 7.73. The van der Waals surface area contributed by atoms with Gasteiger partial charge in [0.05, 0.1) is 16.4 Å². The van der Waals surface area contributed by atoms with Gasteiger partial charge in [0.2, 0.25) is 0 Å². The van der Waals surface area contributed by atoms with E-state index in [1.165, 1.54) is 22.3 Å². The van der Waals surface area contributed by atoms with E-state index in [0.717, 1.165) is 39.4 Å². The molecular formula is C39H41ClN2. The second kappa shape index (κ2) is 11.7. The van der Waals surface area contributed by atoms with Crippen LogP contribution in [0.25, 0.3) is 22.3 Å². The van der Waals surface area contributed by atoms with Gasteiger partial charge in [-0.2, -0.15) is 0 Å². The minimum Gasteiger partial charge on any atom is -0.354 e. The molecule has 0 aliphatic rings. The van der Waals surface area contributed by atoms with Gasteiger partial charge in [0.15, 0.2) is 0 Å². The molecule has 42 heavy (non-hydrogen) atoms. The number of halogens is 1. The molecule has 5 rings (SSSR count). The fourth-order valence-electron chi connectivity index (χ4n) is 5.23. The molecule has 0 saturated heterocycles. The zero-order chi connectivity index (χ0) is 30.1. The largest absolute Gasteiger partial charge is 0.354 e. The van der Waals surface area contributed by atoms with E-state index in [-0.39, 0.29) is 10.8 Å². The van der Waals surface area contributed by atoms with Crippen LogP contribution in [0.15, 0.2) is 109 Å². The Hall–Kier alpha value is -4.01. The fourth-order valence-corrected chi connectivity index (χ4v) is 5.43. The van der Waals surface area contributed by atoms with Crippen molar-refractivity contribution in [3.05, 3.63) is 131 Å². The molecule has 0 saturated carbocycles. The van der Waals surface area contributed by atoms with E-state index in [4.69, 9.17) is 11.6 Å². The number of hydrogen-bond donors (Lipinski definition) is 2. The van der Waals surface area contributed by atoms with Crippen molar-refractivity contribution in [2.45, 2.75) is 59.3 Å². The van der Waals surface area contributed by atoms with Crippen molar-refractivity contribution in [1.82, 2.24) is 0 Å². The number of benzene rings is 5. The Labute approximate surface area is 256 Å². The molecule has 0 spiro atoms. The van der Waals surface area contributed by atoms with Crippen molar-refractivity contribution >= 4 is 34.4 Å². The standard InChI is InChI=1S/C39H41ClN2/c1-26-24-35(41-33-14-10-8-12-31(33)27-16-20-29(21-17-27)38(2,3)4)37(40)36(25-26)42-34-15-11-9-13-32(34)28-18-22-30(23-19-28)39(5,6)7/h8-25,41-42H,1-7H3. The smallest absolute Gasteiger partial charge is 0.0875 e. The molecule has 0 unspecified atom stereocenters. The molecule has 3 heteroatoms. The molecule has 0 fully saturated rings. The summed E-state index contributed by atoms with van der Waals surface area (Å²) in [5.41, 5.74) is 12.3. The maximum atomic E-state index is 7.09. The predicted octanol–water partition coefficient (Wildman–Crippen LogP) is 12.1. The van der Waals surface area contributed by atoms with Crippen molar-refractivity contribution in [2.24, 2.45) is 0 Å². The van der Waals surface area contributed by atoms with Crippen molar-refractivity contribution in [1.29, 1.82) is 0 Å². The summed E-state index contributed by atoms with van der Waals surface area (Å²) in [6.07, 6.45) is 0. The highest BCUT2D eigenvalue weighted by Crippen LogP contribution is 2.40. The van der Waals surface area contributed by atoms with Gasteiger partial charge in [-0.05, 0) is 69.8 Å². The van der Waals surface area contributed by atoms with Crippen LogP contribution in [0.2, 0.25) is 5.02 Å². The van der Waals surface area contributed by atoms with Crippen molar-refractivity contribution in [3.8, 4) is 22.3 Å². The Morgan fingerprint density at radius 1 is 0.476 bits per heavy atom. The van der Waals surface area contributed by atoms with Gasteiger partial charge >= 0.3 is 0 Å². The first-order valence-electron chi connectivity index (χ1n) is 14.6. The molecule has 5 aromatic rings. The molecule has 2 nitrogen and oxygen atoms in total. The van der Waals surface area contributed by atoms with Gasteiger partial charge in [-0.3, -0.25) is 0 Å². The van der Waals surface area contributed by atoms with Gasteiger partial charge < -0.3 is 10.6 Å². The van der Waals surface area contributed by atoms with E-state index >= 15 is 0 Å². The lowest BCUT2D eigenvalue weighted by Crippen LogP contribution is -2.10. The summed E-state index contributed by atoms with van der Waals surface area (Å²) < 4.78 is 0. The molecule has 5 aromatic carbocycles.